The second kappa shape index (κ2) is 2.91. The lowest BCUT2D eigenvalue weighted by atomic mass is 10.4. The van der Waals surface area contributed by atoms with Gasteiger partial charge in [-0.1, -0.05) is 0 Å². The zero-order valence-corrected chi connectivity index (χ0v) is 5.50. The minimum atomic E-state index is 0.213. The van der Waals surface area contributed by atoms with Crippen LogP contribution in [0.2, 0.25) is 0 Å². The summed E-state index contributed by atoms with van der Waals surface area (Å²) >= 11 is 0. The Labute approximate surface area is 57.8 Å². The number of pyridine rings is 1. The molecule has 0 aliphatic carbocycles. The summed E-state index contributed by atoms with van der Waals surface area (Å²) in [5, 5.41) is 2.71. The van der Waals surface area contributed by atoms with Crippen molar-refractivity contribution in [3.63, 3.8) is 0 Å². The molecule has 0 aromatic carbocycles. The molecule has 0 radical (unpaired) electrons. The quantitative estimate of drug-likeness (QED) is 0.572. The molecule has 1 aromatic heterocycles. The fourth-order valence-electron chi connectivity index (χ4n) is 0.649. The van der Waals surface area contributed by atoms with Crippen molar-refractivity contribution < 1.29 is 9.72 Å². The Morgan fingerprint density at radius 1 is 1.70 bits per heavy atom. The van der Waals surface area contributed by atoms with Gasteiger partial charge in [0.1, 0.15) is 0 Å². The van der Waals surface area contributed by atoms with E-state index in [0.717, 1.165) is 0 Å². The van der Waals surface area contributed by atoms with E-state index in [2.05, 4.69) is 10.2 Å². The minimum absolute atomic E-state index is 0.213. The van der Waals surface area contributed by atoms with Gasteiger partial charge in [0.05, 0.1) is 13.3 Å². The Balaban J connectivity index is 3.08. The first-order chi connectivity index (χ1) is 4.88. The predicted molar refractivity (Wildman–Crippen MR) is 35.0 cm³/mol. The van der Waals surface area contributed by atoms with Crippen molar-refractivity contribution in [2.24, 2.45) is 5.18 Å². The van der Waals surface area contributed by atoms with Crippen molar-refractivity contribution in [1.82, 2.24) is 0 Å². The third-order valence-corrected chi connectivity index (χ3v) is 1.11. The smallest absolute Gasteiger partial charge is 0.414 e. The van der Waals surface area contributed by atoms with Gasteiger partial charge in [-0.3, -0.25) is 0 Å². The van der Waals surface area contributed by atoms with E-state index >= 15 is 0 Å². The number of nitrogens with zero attached hydrogens (tertiary/aromatic N) is 1. The average Bonchev–Trinajstić information content (AvgIpc) is 2.04. The maximum absolute atomic E-state index is 10.0. The van der Waals surface area contributed by atoms with Crippen LogP contribution in [0, 0.1) is 4.91 Å². The van der Waals surface area contributed by atoms with Crippen LogP contribution in [0.15, 0.2) is 23.5 Å². The number of hydrogen-bond donors (Lipinski definition) is 0. The van der Waals surface area contributed by atoms with Gasteiger partial charge in [-0.05, 0) is 17.0 Å². The van der Waals surface area contributed by atoms with E-state index in [9.17, 15) is 4.91 Å². The Bertz CT molecular complexity index is 237. The van der Waals surface area contributed by atoms with Gasteiger partial charge in [-0.15, -0.1) is 0 Å². The summed E-state index contributed by atoms with van der Waals surface area (Å²) in [6.45, 7) is 0. The molecule has 1 rings (SSSR count). The molecule has 1 heterocycles. The average molecular weight is 139 g/mol. The van der Waals surface area contributed by atoms with Crippen LogP contribution in [0.1, 0.15) is 0 Å². The first-order valence-electron chi connectivity index (χ1n) is 2.76. The molecule has 1 aromatic rings. The second-order valence-electron chi connectivity index (χ2n) is 1.68. The molecule has 0 saturated heterocycles. The summed E-state index contributed by atoms with van der Waals surface area (Å²) in [5.74, 6) is 0.669. The van der Waals surface area contributed by atoms with Crippen LogP contribution in [0.25, 0.3) is 0 Å². The van der Waals surface area contributed by atoms with Crippen molar-refractivity contribution in [2.75, 3.05) is 7.11 Å². The largest absolute Gasteiger partial charge is 0.489 e. The highest BCUT2D eigenvalue weighted by molar-refractivity contribution is 5.38. The van der Waals surface area contributed by atoms with E-state index in [1.165, 1.54) is 7.11 Å². The van der Waals surface area contributed by atoms with Gasteiger partial charge in [-0.25, -0.2) is 4.98 Å². The van der Waals surface area contributed by atoms with Gasteiger partial charge < -0.3 is 4.74 Å². The molecule has 4 heteroatoms. The molecule has 0 amide bonds. The van der Waals surface area contributed by atoms with Crippen molar-refractivity contribution >= 4 is 5.82 Å². The summed E-state index contributed by atoms with van der Waals surface area (Å²) in [7, 11) is 1.48. The molecule has 0 saturated carbocycles. The summed E-state index contributed by atoms with van der Waals surface area (Å²) in [6.07, 6.45) is 1.61. The molecule has 52 valence electrons. The lowest BCUT2D eigenvalue weighted by Gasteiger charge is -1.92. The van der Waals surface area contributed by atoms with Gasteiger partial charge in [-0.2, -0.15) is 0 Å². The van der Waals surface area contributed by atoms with Crippen LogP contribution in [0.4, 0.5) is 5.82 Å². The fourth-order valence-corrected chi connectivity index (χ4v) is 0.649. The maximum atomic E-state index is 10.0. The molecular weight excluding hydrogens is 132 g/mol. The third-order valence-electron chi connectivity index (χ3n) is 1.11. The number of nitrogens with one attached hydrogen (secondary N) is 1. The number of H-pyrrole nitrogens is 1. The second-order valence-corrected chi connectivity index (χ2v) is 1.68. The molecular formula is C6H7N2O2+. The topological polar surface area (TPSA) is 52.8 Å². The highest BCUT2D eigenvalue weighted by Gasteiger charge is 2.09. The number of hydrogen-bond acceptors (Lipinski definition) is 3. The van der Waals surface area contributed by atoms with E-state index in [4.69, 9.17) is 4.74 Å². The van der Waals surface area contributed by atoms with Crippen LogP contribution in [-0.2, 0) is 0 Å². The summed E-state index contributed by atoms with van der Waals surface area (Å²) in [5.41, 5.74) is 0. The maximum Gasteiger partial charge on any atom is 0.414 e. The van der Waals surface area contributed by atoms with Gasteiger partial charge in [0.15, 0.2) is 0 Å². The van der Waals surface area contributed by atoms with Crippen LogP contribution < -0.4 is 9.72 Å². The first kappa shape index (κ1) is 6.67. The minimum Gasteiger partial charge on any atom is -0.489 e. The van der Waals surface area contributed by atoms with E-state index in [1.54, 1.807) is 18.3 Å². The Morgan fingerprint density at radius 3 is 3.00 bits per heavy atom. The highest BCUT2D eigenvalue weighted by atomic mass is 16.5. The van der Waals surface area contributed by atoms with E-state index < -0.39 is 0 Å². The summed E-state index contributed by atoms with van der Waals surface area (Å²) in [4.78, 5) is 12.7. The van der Waals surface area contributed by atoms with E-state index in [1.807, 2.05) is 0 Å². The van der Waals surface area contributed by atoms with Crippen molar-refractivity contribution in [3.8, 4) is 5.75 Å². The van der Waals surface area contributed by atoms with Crippen molar-refractivity contribution in [2.45, 2.75) is 0 Å². The highest BCUT2D eigenvalue weighted by Crippen LogP contribution is 2.18. The molecule has 0 aliphatic heterocycles. The molecule has 0 bridgehead atoms. The first-order valence-corrected chi connectivity index (χ1v) is 2.76. The van der Waals surface area contributed by atoms with Crippen molar-refractivity contribution in [3.05, 3.63) is 23.2 Å². The number of nitroso groups, excluding NO2 is 1. The monoisotopic (exact) mass is 139 g/mol. The van der Waals surface area contributed by atoms with E-state index in [0.29, 0.717) is 5.75 Å². The molecule has 0 atom stereocenters. The molecule has 10 heavy (non-hydrogen) atoms. The number of methoxy groups -OCH3 is 1. The van der Waals surface area contributed by atoms with Gasteiger partial charge in [0, 0.05) is 0 Å². The lowest BCUT2D eigenvalue weighted by Crippen LogP contribution is -2.01. The number of aromatic amines is 1. The van der Waals surface area contributed by atoms with Gasteiger partial charge >= 0.3 is 5.82 Å². The number of aromatic nitrogens is 1. The Morgan fingerprint density at radius 2 is 2.50 bits per heavy atom. The van der Waals surface area contributed by atoms with Crippen LogP contribution in [-0.4, -0.2) is 7.11 Å². The molecule has 0 aliphatic rings. The Hall–Kier alpha value is -1.45. The number of rotatable bonds is 2. The third kappa shape index (κ3) is 1.10. The standard InChI is InChI=1S/C6H6N2O2/c1-10-5-3-2-4-7-6(5)8-9/h2-4H,1H3/p+1. The zero-order chi connectivity index (χ0) is 7.40. The predicted octanol–water partition coefficient (Wildman–Crippen LogP) is 0.907. The van der Waals surface area contributed by atoms with Gasteiger partial charge in [0.2, 0.25) is 10.9 Å². The fraction of sp³-hybridized carbons (Fsp3) is 0.167. The molecule has 0 fully saturated rings. The molecule has 1 N–H and O–H groups in total. The molecule has 4 nitrogen and oxygen atoms in total. The lowest BCUT2D eigenvalue weighted by molar-refractivity contribution is -0.363. The normalized spacial score (nSPS) is 8.90. The number of ether oxygens (including phenoxy) is 1. The summed E-state index contributed by atoms with van der Waals surface area (Å²) < 4.78 is 4.81. The SMILES string of the molecule is COc1ccc[nH+]c1N=O. The van der Waals surface area contributed by atoms with Crippen LogP contribution >= 0.6 is 0 Å². The van der Waals surface area contributed by atoms with Crippen LogP contribution in [0.3, 0.4) is 0 Å². The molecule has 0 unspecified atom stereocenters. The van der Waals surface area contributed by atoms with E-state index in [-0.39, 0.29) is 5.82 Å². The van der Waals surface area contributed by atoms with Crippen molar-refractivity contribution in [1.29, 1.82) is 0 Å². The summed E-state index contributed by atoms with van der Waals surface area (Å²) in [6, 6.07) is 3.39. The van der Waals surface area contributed by atoms with Gasteiger partial charge in [0.25, 0.3) is 0 Å². The van der Waals surface area contributed by atoms with Crippen LogP contribution in [0.5, 0.6) is 5.75 Å². The Kier molecular flexibility index (Phi) is 1.94. The zero-order valence-electron chi connectivity index (χ0n) is 5.50. The molecule has 0 spiro atoms.